The Kier molecular flexibility index (Phi) is 8.45. The molecule has 1 heterocycles. The van der Waals surface area contributed by atoms with E-state index in [2.05, 4.69) is 34.0 Å². The molecular formula is C23H32N4O3S. The van der Waals surface area contributed by atoms with Crippen molar-refractivity contribution in [1.29, 1.82) is 0 Å². The second-order valence-corrected chi connectivity index (χ2v) is 9.51. The molecule has 0 amide bonds. The zero-order valence-corrected chi connectivity index (χ0v) is 19.1. The Labute approximate surface area is 185 Å². The van der Waals surface area contributed by atoms with Gasteiger partial charge in [0.2, 0.25) is 10.0 Å². The van der Waals surface area contributed by atoms with Gasteiger partial charge in [0.05, 0.1) is 24.7 Å². The van der Waals surface area contributed by atoms with Crippen LogP contribution in [0, 0.1) is 5.92 Å². The number of hydrogen-bond donors (Lipinski definition) is 2. The lowest BCUT2D eigenvalue weighted by atomic mass is 10.1. The topological polar surface area (TPSA) is 83.0 Å². The van der Waals surface area contributed by atoms with Gasteiger partial charge < -0.3 is 15.0 Å². The van der Waals surface area contributed by atoms with E-state index in [4.69, 9.17) is 9.73 Å². The third-order valence-corrected chi connectivity index (χ3v) is 6.73. The van der Waals surface area contributed by atoms with E-state index in [1.165, 1.54) is 12.6 Å². The second kappa shape index (κ2) is 11.3. The summed E-state index contributed by atoms with van der Waals surface area (Å²) in [7, 11) is -2.01. The zero-order valence-electron chi connectivity index (χ0n) is 18.3. The van der Waals surface area contributed by atoms with Crippen LogP contribution in [0.1, 0.15) is 24.5 Å². The van der Waals surface area contributed by atoms with Crippen molar-refractivity contribution >= 4 is 16.0 Å². The lowest BCUT2D eigenvalue weighted by Crippen LogP contribution is -2.40. The molecule has 1 aliphatic heterocycles. The van der Waals surface area contributed by atoms with Crippen molar-refractivity contribution in [2.75, 3.05) is 33.3 Å². The van der Waals surface area contributed by atoms with Crippen LogP contribution in [0.25, 0.3) is 0 Å². The standard InChI is InChI=1S/C23H32N4O3S/c1-3-25-23(26-15-19-9-11-22(12-10-19)31(28,29)24-2)27-14-13-21(16-27)18-30-17-20-7-5-4-6-8-20/h4-12,21,24H,3,13-18H2,1-2H3,(H,25,26). The summed E-state index contributed by atoms with van der Waals surface area (Å²) in [5.74, 6) is 1.37. The van der Waals surface area contributed by atoms with Crippen LogP contribution >= 0.6 is 0 Å². The Bertz CT molecular complexity index is 947. The Morgan fingerprint density at radius 2 is 1.87 bits per heavy atom. The summed E-state index contributed by atoms with van der Waals surface area (Å²) in [6, 6.07) is 17.1. The monoisotopic (exact) mass is 444 g/mol. The van der Waals surface area contributed by atoms with Crippen molar-refractivity contribution in [2.45, 2.75) is 31.4 Å². The normalized spacial score (nSPS) is 17.2. The maximum absolute atomic E-state index is 11.9. The van der Waals surface area contributed by atoms with Crippen LogP contribution in [0.15, 0.2) is 64.5 Å². The maximum Gasteiger partial charge on any atom is 0.240 e. The van der Waals surface area contributed by atoms with Crippen molar-refractivity contribution in [3.05, 3.63) is 65.7 Å². The van der Waals surface area contributed by atoms with Crippen LogP contribution in [-0.4, -0.2) is 52.6 Å². The molecule has 1 fully saturated rings. The number of benzene rings is 2. The van der Waals surface area contributed by atoms with E-state index in [-0.39, 0.29) is 4.90 Å². The van der Waals surface area contributed by atoms with Gasteiger partial charge in [-0.15, -0.1) is 0 Å². The highest BCUT2D eigenvalue weighted by molar-refractivity contribution is 7.89. The van der Waals surface area contributed by atoms with Gasteiger partial charge in [0.25, 0.3) is 0 Å². The molecule has 0 aliphatic carbocycles. The lowest BCUT2D eigenvalue weighted by Gasteiger charge is -2.21. The van der Waals surface area contributed by atoms with Crippen molar-refractivity contribution in [3.8, 4) is 0 Å². The van der Waals surface area contributed by atoms with E-state index in [1.807, 2.05) is 30.3 Å². The van der Waals surface area contributed by atoms with E-state index < -0.39 is 10.0 Å². The number of aliphatic imine (C=N–C) groups is 1. The molecule has 168 valence electrons. The first-order chi connectivity index (χ1) is 15.0. The third-order valence-electron chi connectivity index (χ3n) is 5.30. The van der Waals surface area contributed by atoms with Crippen molar-refractivity contribution < 1.29 is 13.2 Å². The average Bonchev–Trinajstić information content (AvgIpc) is 3.26. The molecule has 0 saturated carbocycles. The molecule has 0 bridgehead atoms. The number of nitrogens with one attached hydrogen (secondary N) is 2. The molecule has 3 rings (SSSR count). The summed E-state index contributed by atoms with van der Waals surface area (Å²) in [6.45, 7) is 6.60. The van der Waals surface area contributed by atoms with Crippen LogP contribution in [-0.2, 0) is 27.9 Å². The molecule has 31 heavy (non-hydrogen) atoms. The predicted molar refractivity (Wildman–Crippen MR) is 123 cm³/mol. The fourth-order valence-corrected chi connectivity index (χ4v) is 4.29. The molecule has 0 aromatic heterocycles. The Morgan fingerprint density at radius 3 is 2.55 bits per heavy atom. The van der Waals surface area contributed by atoms with Gasteiger partial charge in [-0.25, -0.2) is 18.1 Å². The highest BCUT2D eigenvalue weighted by Gasteiger charge is 2.25. The molecule has 1 atom stereocenters. The number of hydrogen-bond acceptors (Lipinski definition) is 4. The minimum absolute atomic E-state index is 0.257. The summed E-state index contributed by atoms with van der Waals surface area (Å²) in [6.07, 6.45) is 1.08. The Hall–Kier alpha value is -2.42. The van der Waals surface area contributed by atoms with E-state index in [9.17, 15) is 8.42 Å². The second-order valence-electron chi connectivity index (χ2n) is 7.62. The number of sulfonamides is 1. The van der Waals surface area contributed by atoms with E-state index in [1.54, 1.807) is 12.1 Å². The van der Waals surface area contributed by atoms with Gasteiger partial charge in [-0.1, -0.05) is 42.5 Å². The highest BCUT2D eigenvalue weighted by Crippen LogP contribution is 2.18. The van der Waals surface area contributed by atoms with Gasteiger partial charge in [0.15, 0.2) is 5.96 Å². The minimum Gasteiger partial charge on any atom is -0.376 e. The molecule has 2 N–H and O–H groups in total. The molecule has 1 unspecified atom stereocenters. The van der Waals surface area contributed by atoms with Crippen LogP contribution in [0.2, 0.25) is 0 Å². The summed E-state index contributed by atoms with van der Waals surface area (Å²) < 4.78 is 32.0. The van der Waals surface area contributed by atoms with E-state index in [0.29, 0.717) is 19.1 Å². The van der Waals surface area contributed by atoms with Crippen LogP contribution in [0.3, 0.4) is 0 Å². The summed E-state index contributed by atoms with van der Waals surface area (Å²) in [5, 5.41) is 3.37. The molecule has 8 heteroatoms. The van der Waals surface area contributed by atoms with Crippen LogP contribution < -0.4 is 10.0 Å². The van der Waals surface area contributed by atoms with Gasteiger partial charge in [-0.3, -0.25) is 0 Å². The van der Waals surface area contributed by atoms with E-state index in [0.717, 1.165) is 44.2 Å². The fourth-order valence-electron chi connectivity index (χ4n) is 3.56. The minimum atomic E-state index is -3.42. The summed E-state index contributed by atoms with van der Waals surface area (Å²) in [4.78, 5) is 7.30. The summed E-state index contributed by atoms with van der Waals surface area (Å²) >= 11 is 0. The molecule has 0 spiro atoms. The largest absolute Gasteiger partial charge is 0.376 e. The van der Waals surface area contributed by atoms with Gasteiger partial charge in [-0.2, -0.15) is 0 Å². The molecule has 0 radical (unpaired) electrons. The smallest absolute Gasteiger partial charge is 0.240 e. The number of guanidine groups is 1. The fraction of sp³-hybridized carbons (Fsp3) is 0.435. The highest BCUT2D eigenvalue weighted by atomic mass is 32.2. The van der Waals surface area contributed by atoms with Crippen LogP contribution in [0.4, 0.5) is 0 Å². The molecule has 2 aromatic rings. The number of nitrogens with zero attached hydrogens (tertiary/aromatic N) is 2. The maximum atomic E-state index is 11.9. The van der Waals surface area contributed by atoms with Gasteiger partial charge >= 0.3 is 0 Å². The predicted octanol–water partition coefficient (Wildman–Crippen LogP) is 2.60. The molecule has 1 saturated heterocycles. The number of rotatable bonds is 9. The van der Waals surface area contributed by atoms with Crippen molar-refractivity contribution in [2.24, 2.45) is 10.9 Å². The van der Waals surface area contributed by atoms with Gasteiger partial charge in [0, 0.05) is 25.6 Å². The summed E-state index contributed by atoms with van der Waals surface area (Å²) in [5.41, 5.74) is 2.16. The van der Waals surface area contributed by atoms with Gasteiger partial charge in [-0.05, 0) is 43.7 Å². The first kappa shape index (κ1) is 23.2. The Morgan fingerprint density at radius 1 is 1.13 bits per heavy atom. The number of likely N-dealkylation sites (tertiary alicyclic amines) is 1. The van der Waals surface area contributed by atoms with Gasteiger partial charge in [0.1, 0.15) is 0 Å². The molecule has 1 aliphatic rings. The van der Waals surface area contributed by atoms with E-state index >= 15 is 0 Å². The SMILES string of the molecule is CCNC(=NCc1ccc(S(=O)(=O)NC)cc1)N1CCC(COCc2ccccc2)C1. The number of ether oxygens (including phenoxy) is 1. The average molecular weight is 445 g/mol. The molecule has 2 aromatic carbocycles. The van der Waals surface area contributed by atoms with Crippen molar-refractivity contribution in [3.63, 3.8) is 0 Å². The molecular weight excluding hydrogens is 412 g/mol. The van der Waals surface area contributed by atoms with Crippen LogP contribution in [0.5, 0.6) is 0 Å². The third kappa shape index (κ3) is 6.78. The quantitative estimate of drug-likeness (QED) is 0.459. The Balaban J connectivity index is 1.53. The lowest BCUT2D eigenvalue weighted by molar-refractivity contribution is 0.0906. The van der Waals surface area contributed by atoms with Crippen molar-refractivity contribution in [1.82, 2.24) is 14.9 Å². The zero-order chi connectivity index (χ0) is 22.1. The first-order valence-corrected chi connectivity index (χ1v) is 12.2. The first-order valence-electron chi connectivity index (χ1n) is 10.7. The molecule has 7 nitrogen and oxygen atoms in total.